The molecule has 3 N–H and O–H groups in total. The Balaban J connectivity index is 2.97. The summed E-state index contributed by atoms with van der Waals surface area (Å²) < 4.78 is 5.84. The van der Waals surface area contributed by atoms with Crippen LogP contribution in [-0.2, 0) is 0 Å². The average molecular weight is 238 g/mol. The predicted octanol–water partition coefficient (Wildman–Crippen LogP) is 2.45. The Labute approximate surface area is 103 Å². The maximum Gasteiger partial charge on any atom is 0.222 e. The molecule has 0 radical (unpaired) electrons. The highest BCUT2D eigenvalue weighted by Gasteiger charge is 2.17. The molecule has 0 aliphatic rings. The highest BCUT2D eigenvalue weighted by Crippen LogP contribution is 2.30. The van der Waals surface area contributed by atoms with Crippen molar-refractivity contribution >= 4 is 5.82 Å². The fourth-order valence-electron chi connectivity index (χ4n) is 1.76. The van der Waals surface area contributed by atoms with Crippen LogP contribution in [0.25, 0.3) is 0 Å². The standard InChI is InChI=1S/C12H22N4O/c1-5-6-9(4)17-12-10(8(2)3)11(16-13)14-7-15-12/h7-9H,5-6,13H2,1-4H3,(H,14,15,16). The topological polar surface area (TPSA) is 73.1 Å². The molecular weight excluding hydrogens is 216 g/mol. The summed E-state index contributed by atoms with van der Waals surface area (Å²) in [5, 5.41) is 0. The van der Waals surface area contributed by atoms with Gasteiger partial charge in [0, 0.05) is 0 Å². The summed E-state index contributed by atoms with van der Waals surface area (Å²) in [4.78, 5) is 8.31. The number of rotatable bonds is 6. The van der Waals surface area contributed by atoms with Crippen molar-refractivity contribution in [3.05, 3.63) is 11.9 Å². The van der Waals surface area contributed by atoms with E-state index in [9.17, 15) is 0 Å². The minimum absolute atomic E-state index is 0.151. The molecule has 5 nitrogen and oxygen atoms in total. The summed E-state index contributed by atoms with van der Waals surface area (Å²) in [5.41, 5.74) is 3.52. The molecule has 1 unspecified atom stereocenters. The Morgan fingerprint density at radius 1 is 1.35 bits per heavy atom. The van der Waals surface area contributed by atoms with Crippen LogP contribution in [0, 0.1) is 0 Å². The summed E-state index contributed by atoms with van der Waals surface area (Å²) >= 11 is 0. The third-order valence-electron chi connectivity index (χ3n) is 2.57. The molecule has 1 aromatic heterocycles. The van der Waals surface area contributed by atoms with E-state index in [0.29, 0.717) is 11.7 Å². The highest BCUT2D eigenvalue weighted by atomic mass is 16.5. The number of ether oxygens (including phenoxy) is 1. The van der Waals surface area contributed by atoms with Gasteiger partial charge in [-0.25, -0.2) is 15.8 Å². The van der Waals surface area contributed by atoms with Crippen molar-refractivity contribution in [2.45, 2.75) is 52.6 Å². The Kier molecular flexibility index (Phi) is 5.15. The van der Waals surface area contributed by atoms with E-state index in [0.717, 1.165) is 18.4 Å². The van der Waals surface area contributed by atoms with Gasteiger partial charge in [-0.3, -0.25) is 0 Å². The number of nitrogens with two attached hydrogens (primary N) is 1. The van der Waals surface area contributed by atoms with Gasteiger partial charge in [0.2, 0.25) is 5.88 Å². The van der Waals surface area contributed by atoms with Gasteiger partial charge in [-0.15, -0.1) is 0 Å². The lowest BCUT2D eigenvalue weighted by Gasteiger charge is -2.19. The number of hydrazine groups is 1. The smallest absolute Gasteiger partial charge is 0.222 e. The minimum atomic E-state index is 0.151. The second-order valence-corrected chi connectivity index (χ2v) is 4.46. The molecule has 96 valence electrons. The van der Waals surface area contributed by atoms with Crippen LogP contribution >= 0.6 is 0 Å². The zero-order valence-electron chi connectivity index (χ0n) is 11.0. The van der Waals surface area contributed by atoms with Gasteiger partial charge in [0.05, 0.1) is 11.7 Å². The Bertz CT molecular complexity index is 354. The molecule has 5 heteroatoms. The van der Waals surface area contributed by atoms with Crippen LogP contribution in [0.3, 0.4) is 0 Å². The van der Waals surface area contributed by atoms with Crippen molar-refractivity contribution in [1.29, 1.82) is 0 Å². The lowest BCUT2D eigenvalue weighted by atomic mass is 10.1. The fourth-order valence-corrected chi connectivity index (χ4v) is 1.76. The zero-order chi connectivity index (χ0) is 12.8. The summed E-state index contributed by atoms with van der Waals surface area (Å²) in [6.07, 6.45) is 3.71. The molecule has 1 atom stereocenters. The molecule has 0 saturated carbocycles. The van der Waals surface area contributed by atoms with Crippen LogP contribution in [0.2, 0.25) is 0 Å². The third-order valence-corrected chi connectivity index (χ3v) is 2.57. The summed E-state index contributed by atoms with van der Waals surface area (Å²) in [6.45, 7) is 8.31. The van der Waals surface area contributed by atoms with Crippen LogP contribution in [0.4, 0.5) is 5.82 Å². The Morgan fingerprint density at radius 2 is 2.06 bits per heavy atom. The van der Waals surface area contributed by atoms with Gasteiger partial charge in [-0.05, 0) is 19.3 Å². The molecule has 1 aromatic rings. The molecule has 0 saturated heterocycles. The van der Waals surface area contributed by atoms with Crippen molar-refractivity contribution in [2.75, 3.05) is 5.43 Å². The first-order valence-electron chi connectivity index (χ1n) is 6.08. The maximum atomic E-state index is 5.84. The maximum absolute atomic E-state index is 5.84. The SMILES string of the molecule is CCCC(C)Oc1ncnc(NN)c1C(C)C. The first kappa shape index (κ1) is 13.7. The molecule has 0 spiro atoms. The predicted molar refractivity (Wildman–Crippen MR) is 68.9 cm³/mol. The third kappa shape index (κ3) is 3.56. The van der Waals surface area contributed by atoms with Gasteiger partial charge in [0.15, 0.2) is 5.82 Å². The Hall–Kier alpha value is -1.36. The van der Waals surface area contributed by atoms with Gasteiger partial charge < -0.3 is 10.2 Å². The summed E-state index contributed by atoms with van der Waals surface area (Å²) in [7, 11) is 0. The molecule has 0 fully saturated rings. The summed E-state index contributed by atoms with van der Waals surface area (Å²) in [6, 6.07) is 0. The van der Waals surface area contributed by atoms with E-state index in [1.54, 1.807) is 0 Å². The molecule has 1 rings (SSSR count). The molecule has 0 amide bonds. The van der Waals surface area contributed by atoms with Crippen LogP contribution in [0.5, 0.6) is 5.88 Å². The number of nitrogens with zero attached hydrogens (tertiary/aromatic N) is 2. The minimum Gasteiger partial charge on any atom is -0.474 e. The van der Waals surface area contributed by atoms with Crippen LogP contribution in [0.15, 0.2) is 6.33 Å². The van der Waals surface area contributed by atoms with Crippen LogP contribution in [-0.4, -0.2) is 16.1 Å². The lowest BCUT2D eigenvalue weighted by molar-refractivity contribution is 0.198. The van der Waals surface area contributed by atoms with E-state index in [2.05, 4.69) is 36.2 Å². The summed E-state index contributed by atoms with van der Waals surface area (Å²) in [5.74, 6) is 6.97. The number of aromatic nitrogens is 2. The average Bonchev–Trinajstić information content (AvgIpc) is 2.28. The molecule has 0 aliphatic carbocycles. The van der Waals surface area contributed by atoms with E-state index in [1.165, 1.54) is 6.33 Å². The van der Waals surface area contributed by atoms with Crippen molar-refractivity contribution in [1.82, 2.24) is 9.97 Å². The second-order valence-electron chi connectivity index (χ2n) is 4.46. The number of nitrogen functional groups attached to an aromatic ring is 1. The quantitative estimate of drug-likeness (QED) is 0.588. The van der Waals surface area contributed by atoms with Gasteiger partial charge in [0.25, 0.3) is 0 Å². The monoisotopic (exact) mass is 238 g/mol. The first-order chi connectivity index (χ1) is 8.10. The highest BCUT2D eigenvalue weighted by molar-refractivity contribution is 5.49. The fraction of sp³-hybridized carbons (Fsp3) is 0.667. The first-order valence-corrected chi connectivity index (χ1v) is 6.08. The van der Waals surface area contributed by atoms with E-state index in [1.807, 2.05) is 6.92 Å². The molecule has 17 heavy (non-hydrogen) atoms. The number of nitrogens with one attached hydrogen (secondary N) is 1. The normalized spacial score (nSPS) is 12.6. The molecule has 0 aromatic carbocycles. The van der Waals surface area contributed by atoms with Gasteiger partial charge >= 0.3 is 0 Å². The molecule has 0 aliphatic heterocycles. The Morgan fingerprint density at radius 3 is 2.59 bits per heavy atom. The zero-order valence-corrected chi connectivity index (χ0v) is 11.0. The van der Waals surface area contributed by atoms with Gasteiger partial charge in [-0.2, -0.15) is 0 Å². The van der Waals surface area contributed by atoms with E-state index < -0.39 is 0 Å². The van der Waals surface area contributed by atoms with Crippen LogP contribution in [0.1, 0.15) is 52.0 Å². The molecular formula is C12H22N4O. The second kappa shape index (κ2) is 6.39. The largest absolute Gasteiger partial charge is 0.474 e. The van der Waals surface area contributed by atoms with Crippen molar-refractivity contribution in [3.8, 4) is 5.88 Å². The van der Waals surface area contributed by atoms with E-state index in [4.69, 9.17) is 10.6 Å². The van der Waals surface area contributed by atoms with E-state index in [-0.39, 0.29) is 12.0 Å². The number of anilines is 1. The van der Waals surface area contributed by atoms with Crippen LogP contribution < -0.4 is 16.0 Å². The number of hydrogen-bond acceptors (Lipinski definition) is 5. The molecule has 0 bridgehead atoms. The van der Waals surface area contributed by atoms with Crippen molar-refractivity contribution in [2.24, 2.45) is 5.84 Å². The lowest BCUT2D eigenvalue weighted by Crippen LogP contribution is -2.17. The van der Waals surface area contributed by atoms with Crippen molar-refractivity contribution in [3.63, 3.8) is 0 Å². The number of hydrogen-bond donors (Lipinski definition) is 2. The van der Waals surface area contributed by atoms with E-state index >= 15 is 0 Å². The van der Waals surface area contributed by atoms with Crippen molar-refractivity contribution < 1.29 is 4.74 Å². The van der Waals surface area contributed by atoms with Gasteiger partial charge in [-0.1, -0.05) is 27.2 Å². The van der Waals surface area contributed by atoms with Gasteiger partial charge in [0.1, 0.15) is 6.33 Å². The molecule has 1 heterocycles.